The van der Waals surface area contributed by atoms with Gasteiger partial charge < -0.3 is 14.8 Å². The maximum atomic E-state index is 12.0. The van der Waals surface area contributed by atoms with Crippen LogP contribution in [0.3, 0.4) is 0 Å². The second-order valence-electron chi connectivity index (χ2n) is 6.16. The van der Waals surface area contributed by atoms with Crippen LogP contribution in [0.5, 0.6) is 11.5 Å². The zero-order valence-corrected chi connectivity index (χ0v) is 16.5. The van der Waals surface area contributed by atoms with Crippen LogP contribution < -0.4 is 20.2 Å². The first kappa shape index (κ1) is 21.0. The summed E-state index contributed by atoms with van der Waals surface area (Å²) in [7, 11) is 3.13. The Morgan fingerprint density at radius 2 is 1.71 bits per heavy atom. The van der Waals surface area contributed by atoms with Crippen LogP contribution in [0.25, 0.3) is 0 Å². The molecule has 2 N–H and O–H groups in total. The normalized spacial score (nSPS) is 10.9. The van der Waals surface area contributed by atoms with Gasteiger partial charge >= 0.3 is 0 Å². The summed E-state index contributed by atoms with van der Waals surface area (Å²) in [6, 6.07) is 12.8. The molecule has 2 aromatic carbocycles. The van der Waals surface area contributed by atoms with Gasteiger partial charge in [0.1, 0.15) is 11.5 Å². The zero-order valence-electron chi connectivity index (χ0n) is 16.5. The fourth-order valence-electron chi connectivity index (χ4n) is 2.51. The van der Waals surface area contributed by atoms with E-state index in [1.165, 1.54) is 0 Å². The number of nitrogens with one attached hydrogen (secondary N) is 2. The Balaban J connectivity index is 1.89. The van der Waals surface area contributed by atoms with E-state index in [1.54, 1.807) is 39.3 Å². The van der Waals surface area contributed by atoms with Crippen LogP contribution in [-0.4, -0.2) is 31.7 Å². The van der Waals surface area contributed by atoms with E-state index >= 15 is 0 Å². The highest BCUT2D eigenvalue weighted by atomic mass is 16.5. The molecule has 0 saturated heterocycles. The van der Waals surface area contributed by atoms with Gasteiger partial charge in [0.15, 0.2) is 0 Å². The quantitative estimate of drug-likeness (QED) is 0.541. The number of hydrogen-bond donors (Lipinski definition) is 2. The van der Waals surface area contributed by atoms with Crippen molar-refractivity contribution in [2.75, 3.05) is 19.5 Å². The standard InChI is InChI=1S/C21H25N3O4/c1-14-7-5-6-8-18(14)22-20(25)11-12-21(26)24-23-15(2)17-10-9-16(27-3)13-19(17)28-4/h5-10,13H,11-12H2,1-4H3,(H,22,25)(H,24,26)/b23-15+. The Bertz CT molecular complexity index is 878. The summed E-state index contributed by atoms with van der Waals surface area (Å²) in [5.41, 5.74) is 5.50. The van der Waals surface area contributed by atoms with Crippen molar-refractivity contribution < 1.29 is 19.1 Å². The molecule has 2 aromatic rings. The van der Waals surface area contributed by atoms with Gasteiger partial charge in [0, 0.05) is 30.2 Å². The molecule has 0 fully saturated rings. The molecule has 0 bridgehead atoms. The molecule has 2 rings (SSSR count). The summed E-state index contributed by atoms with van der Waals surface area (Å²) in [5, 5.41) is 6.90. The number of hydrogen-bond acceptors (Lipinski definition) is 5. The Morgan fingerprint density at radius 3 is 2.39 bits per heavy atom. The van der Waals surface area contributed by atoms with Crippen LogP contribution in [0, 0.1) is 6.92 Å². The lowest BCUT2D eigenvalue weighted by Crippen LogP contribution is -2.22. The minimum atomic E-state index is -0.341. The van der Waals surface area contributed by atoms with Crippen molar-refractivity contribution in [2.24, 2.45) is 5.10 Å². The Labute approximate surface area is 164 Å². The number of aryl methyl sites for hydroxylation is 1. The number of amides is 2. The molecule has 148 valence electrons. The van der Waals surface area contributed by atoms with Gasteiger partial charge in [-0.1, -0.05) is 18.2 Å². The molecule has 0 atom stereocenters. The van der Waals surface area contributed by atoms with Gasteiger partial charge in [0.2, 0.25) is 11.8 Å². The highest BCUT2D eigenvalue weighted by Crippen LogP contribution is 2.25. The Hall–Kier alpha value is -3.35. The summed E-state index contributed by atoms with van der Waals surface area (Å²) in [6.07, 6.45) is 0.106. The van der Waals surface area contributed by atoms with Crippen LogP contribution in [0.15, 0.2) is 47.6 Å². The highest BCUT2D eigenvalue weighted by Gasteiger charge is 2.10. The third-order valence-electron chi connectivity index (χ3n) is 4.15. The zero-order chi connectivity index (χ0) is 20.5. The predicted octanol–water partition coefficient (Wildman–Crippen LogP) is 3.27. The lowest BCUT2D eigenvalue weighted by molar-refractivity contribution is -0.124. The molecule has 0 unspecified atom stereocenters. The van der Waals surface area contributed by atoms with Gasteiger partial charge in [-0.15, -0.1) is 0 Å². The number of ether oxygens (including phenoxy) is 2. The van der Waals surface area contributed by atoms with Crippen molar-refractivity contribution in [3.8, 4) is 11.5 Å². The number of nitrogens with zero attached hydrogens (tertiary/aromatic N) is 1. The number of rotatable bonds is 8. The second kappa shape index (κ2) is 10.1. The van der Waals surface area contributed by atoms with Crippen molar-refractivity contribution in [1.82, 2.24) is 5.43 Å². The SMILES string of the molecule is COc1ccc(/C(C)=N/NC(=O)CCC(=O)Nc2ccccc2C)c(OC)c1. The summed E-state index contributed by atoms with van der Waals surface area (Å²) in [6.45, 7) is 3.67. The number of methoxy groups -OCH3 is 2. The molecule has 0 aliphatic carbocycles. The van der Waals surface area contributed by atoms with E-state index in [1.807, 2.05) is 31.2 Å². The number of hydrazone groups is 1. The molecule has 28 heavy (non-hydrogen) atoms. The van der Waals surface area contributed by atoms with Crippen molar-refractivity contribution in [3.63, 3.8) is 0 Å². The average molecular weight is 383 g/mol. The largest absolute Gasteiger partial charge is 0.497 e. The van der Waals surface area contributed by atoms with Gasteiger partial charge in [-0.05, 0) is 37.6 Å². The smallest absolute Gasteiger partial charge is 0.240 e. The predicted molar refractivity (Wildman–Crippen MR) is 109 cm³/mol. The van der Waals surface area contributed by atoms with Gasteiger partial charge in [-0.2, -0.15) is 5.10 Å². The van der Waals surface area contributed by atoms with E-state index in [4.69, 9.17) is 9.47 Å². The fraction of sp³-hybridized carbons (Fsp3) is 0.286. The van der Waals surface area contributed by atoms with Crippen molar-refractivity contribution in [3.05, 3.63) is 53.6 Å². The van der Waals surface area contributed by atoms with Crippen LogP contribution in [0.4, 0.5) is 5.69 Å². The Kier molecular flexibility index (Phi) is 7.56. The lowest BCUT2D eigenvalue weighted by Gasteiger charge is -2.10. The maximum Gasteiger partial charge on any atom is 0.240 e. The average Bonchev–Trinajstić information content (AvgIpc) is 2.71. The first-order chi connectivity index (χ1) is 13.4. The van der Waals surface area contributed by atoms with E-state index in [-0.39, 0.29) is 24.7 Å². The van der Waals surface area contributed by atoms with Gasteiger partial charge in [0.25, 0.3) is 0 Å². The molecule has 0 aliphatic heterocycles. The number of benzene rings is 2. The molecule has 7 heteroatoms. The summed E-state index contributed by atoms with van der Waals surface area (Å²) in [5.74, 6) is 0.693. The summed E-state index contributed by atoms with van der Waals surface area (Å²) in [4.78, 5) is 24.0. The third-order valence-corrected chi connectivity index (χ3v) is 4.15. The van der Waals surface area contributed by atoms with Crippen LogP contribution in [-0.2, 0) is 9.59 Å². The molecular formula is C21H25N3O4. The Morgan fingerprint density at radius 1 is 1.00 bits per heavy atom. The van der Waals surface area contributed by atoms with Crippen LogP contribution >= 0.6 is 0 Å². The molecule has 0 aliphatic rings. The molecule has 0 heterocycles. The first-order valence-electron chi connectivity index (χ1n) is 8.85. The number of carbonyl (C=O) groups is 2. The van der Waals surface area contributed by atoms with Gasteiger partial charge in [0.05, 0.1) is 19.9 Å². The number of para-hydroxylation sites is 1. The molecule has 0 spiro atoms. The monoisotopic (exact) mass is 383 g/mol. The lowest BCUT2D eigenvalue weighted by atomic mass is 10.1. The van der Waals surface area contributed by atoms with Crippen LogP contribution in [0.1, 0.15) is 30.9 Å². The van der Waals surface area contributed by atoms with Crippen molar-refractivity contribution in [2.45, 2.75) is 26.7 Å². The first-order valence-corrected chi connectivity index (χ1v) is 8.85. The fourth-order valence-corrected chi connectivity index (χ4v) is 2.51. The van der Waals surface area contributed by atoms with E-state index < -0.39 is 0 Å². The maximum absolute atomic E-state index is 12.0. The summed E-state index contributed by atoms with van der Waals surface area (Å²) >= 11 is 0. The molecule has 7 nitrogen and oxygen atoms in total. The molecule has 0 radical (unpaired) electrons. The van der Waals surface area contributed by atoms with Crippen LogP contribution in [0.2, 0.25) is 0 Å². The number of anilines is 1. The topological polar surface area (TPSA) is 89.0 Å². The van der Waals surface area contributed by atoms with Crippen molar-refractivity contribution >= 4 is 23.2 Å². The number of carbonyl (C=O) groups excluding carboxylic acids is 2. The minimum Gasteiger partial charge on any atom is -0.497 e. The van der Waals surface area contributed by atoms with Gasteiger partial charge in [-0.3, -0.25) is 9.59 Å². The molecular weight excluding hydrogens is 358 g/mol. The molecule has 0 aromatic heterocycles. The van der Waals surface area contributed by atoms with E-state index in [9.17, 15) is 9.59 Å². The highest BCUT2D eigenvalue weighted by molar-refractivity contribution is 6.02. The van der Waals surface area contributed by atoms with Crippen molar-refractivity contribution in [1.29, 1.82) is 0 Å². The minimum absolute atomic E-state index is 0.0360. The molecule has 2 amide bonds. The third kappa shape index (κ3) is 5.84. The van der Waals surface area contributed by atoms with E-state index in [0.717, 1.165) is 16.8 Å². The van der Waals surface area contributed by atoms with E-state index in [2.05, 4.69) is 15.8 Å². The second-order valence-corrected chi connectivity index (χ2v) is 6.16. The summed E-state index contributed by atoms with van der Waals surface area (Å²) < 4.78 is 10.5. The molecule has 0 saturated carbocycles. The van der Waals surface area contributed by atoms with Gasteiger partial charge in [-0.25, -0.2) is 5.43 Å². The van der Waals surface area contributed by atoms with E-state index in [0.29, 0.717) is 17.2 Å².